The van der Waals surface area contributed by atoms with Crippen LogP contribution in [0.4, 0.5) is 0 Å². The molecule has 1 N–H and O–H groups in total. The van der Waals surface area contributed by atoms with Crippen molar-refractivity contribution in [2.24, 2.45) is 0 Å². The van der Waals surface area contributed by atoms with Crippen molar-refractivity contribution in [1.29, 1.82) is 0 Å². The van der Waals surface area contributed by atoms with E-state index in [1.165, 1.54) is 5.56 Å². The molecule has 0 saturated heterocycles. The second kappa shape index (κ2) is 6.69. The zero-order valence-corrected chi connectivity index (χ0v) is 10.7. The van der Waals surface area contributed by atoms with Crippen LogP contribution in [0.3, 0.4) is 0 Å². The van der Waals surface area contributed by atoms with Crippen molar-refractivity contribution in [3.05, 3.63) is 48.6 Å². The molecule has 3 heteroatoms. The van der Waals surface area contributed by atoms with Crippen molar-refractivity contribution < 1.29 is 22.0 Å². The number of benzene rings is 1. The fourth-order valence-electron chi connectivity index (χ4n) is 1.72. The molecule has 0 aliphatic rings. The lowest BCUT2D eigenvalue weighted by Crippen LogP contribution is -3.00. The Morgan fingerprint density at radius 1 is 1.31 bits per heavy atom. The molecule has 0 aromatic heterocycles. The van der Waals surface area contributed by atoms with Crippen LogP contribution in [0.25, 0.3) is 0 Å². The zero-order valence-electron chi connectivity index (χ0n) is 9.94. The van der Waals surface area contributed by atoms with Crippen LogP contribution in [0.2, 0.25) is 0 Å². The molecule has 1 aromatic rings. The highest BCUT2D eigenvalue weighted by Crippen LogP contribution is 2.09. The number of rotatable bonds is 5. The normalized spacial score (nSPS) is 12.7. The molecule has 0 aliphatic carbocycles. The van der Waals surface area contributed by atoms with Crippen molar-refractivity contribution in [2.75, 3.05) is 20.6 Å². The van der Waals surface area contributed by atoms with Crippen LogP contribution in [0.15, 0.2) is 43.0 Å². The number of aliphatic hydroxyl groups is 1. The van der Waals surface area contributed by atoms with Crippen molar-refractivity contribution in [3.63, 3.8) is 0 Å². The standard InChI is InChI=1S/C13H20NO.ClH/c1-4-13(15)11-14(2,3)10-12-8-6-5-7-9-12;/h4-9,13,15H,1,10-11H2,2-3H3;1H/q+1;/p-1. The van der Waals surface area contributed by atoms with Gasteiger partial charge in [-0.1, -0.05) is 36.4 Å². The molecule has 0 saturated carbocycles. The quantitative estimate of drug-likeness (QED) is 0.508. The Morgan fingerprint density at radius 3 is 2.38 bits per heavy atom. The summed E-state index contributed by atoms with van der Waals surface area (Å²) in [6.45, 7) is 5.21. The fraction of sp³-hybridized carbons (Fsp3) is 0.385. The SMILES string of the molecule is C=CC(O)C[N+](C)(C)Cc1ccccc1.[Cl-]. The minimum atomic E-state index is -0.427. The molecule has 1 atom stereocenters. The van der Waals surface area contributed by atoms with E-state index in [0.717, 1.165) is 11.0 Å². The summed E-state index contributed by atoms with van der Waals surface area (Å²) in [5.74, 6) is 0. The number of nitrogens with zero attached hydrogens (tertiary/aromatic N) is 1. The summed E-state index contributed by atoms with van der Waals surface area (Å²) in [6.07, 6.45) is 1.16. The molecular weight excluding hydrogens is 222 g/mol. The van der Waals surface area contributed by atoms with Crippen LogP contribution in [-0.2, 0) is 6.54 Å². The number of likely N-dealkylation sites (N-methyl/N-ethyl adjacent to an activating group) is 1. The maximum Gasteiger partial charge on any atom is 0.121 e. The van der Waals surface area contributed by atoms with Gasteiger partial charge in [0.15, 0.2) is 0 Å². The molecule has 1 unspecified atom stereocenters. The molecule has 0 bridgehead atoms. The van der Waals surface area contributed by atoms with Crippen LogP contribution >= 0.6 is 0 Å². The van der Waals surface area contributed by atoms with E-state index in [-0.39, 0.29) is 12.4 Å². The number of hydrogen-bond donors (Lipinski definition) is 1. The van der Waals surface area contributed by atoms with Crippen LogP contribution in [0, 0.1) is 0 Å². The predicted molar refractivity (Wildman–Crippen MR) is 63.3 cm³/mol. The first-order valence-corrected chi connectivity index (χ1v) is 5.20. The highest BCUT2D eigenvalue weighted by atomic mass is 35.5. The first-order chi connectivity index (χ1) is 7.03. The number of hydrogen-bond acceptors (Lipinski definition) is 1. The van der Waals surface area contributed by atoms with Gasteiger partial charge in [-0.2, -0.15) is 0 Å². The number of quaternary nitrogens is 1. The molecule has 90 valence electrons. The van der Waals surface area contributed by atoms with Crippen molar-refractivity contribution in [2.45, 2.75) is 12.6 Å². The minimum absolute atomic E-state index is 0. The van der Waals surface area contributed by atoms with Gasteiger partial charge in [-0.15, -0.1) is 6.58 Å². The van der Waals surface area contributed by atoms with Gasteiger partial charge in [0.2, 0.25) is 0 Å². The lowest BCUT2D eigenvalue weighted by molar-refractivity contribution is -0.905. The van der Waals surface area contributed by atoms with Gasteiger partial charge in [-0.3, -0.25) is 0 Å². The summed E-state index contributed by atoms with van der Waals surface area (Å²) in [5, 5.41) is 9.54. The molecule has 0 aliphatic heterocycles. The van der Waals surface area contributed by atoms with Gasteiger partial charge < -0.3 is 22.0 Å². The lowest BCUT2D eigenvalue weighted by Gasteiger charge is -2.31. The Labute approximate surface area is 104 Å². The largest absolute Gasteiger partial charge is 1.00 e. The van der Waals surface area contributed by atoms with Crippen LogP contribution < -0.4 is 12.4 Å². The molecule has 0 heterocycles. The first kappa shape index (κ1) is 15.2. The molecule has 1 rings (SSSR count). The molecule has 1 aromatic carbocycles. The topological polar surface area (TPSA) is 20.2 Å². The van der Waals surface area contributed by atoms with Crippen molar-refractivity contribution in [3.8, 4) is 0 Å². The van der Waals surface area contributed by atoms with E-state index in [9.17, 15) is 5.11 Å². The Balaban J connectivity index is 0.00000225. The average molecular weight is 242 g/mol. The van der Waals surface area contributed by atoms with Gasteiger partial charge in [0.1, 0.15) is 19.2 Å². The lowest BCUT2D eigenvalue weighted by atomic mass is 10.2. The number of halogens is 1. The third-order valence-electron chi connectivity index (χ3n) is 2.41. The molecule has 0 fully saturated rings. The molecule has 2 nitrogen and oxygen atoms in total. The summed E-state index contributed by atoms with van der Waals surface area (Å²) in [7, 11) is 4.22. The molecule has 0 radical (unpaired) electrons. The van der Waals surface area contributed by atoms with Crippen LogP contribution in [0.1, 0.15) is 5.56 Å². The van der Waals surface area contributed by atoms with Crippen molar-refractivity contribution >= 4 is 0 Å². The summed E-state index contributed by atoms with van der Waals surface area (Å²) >= 11 is 0. The van der Waals surface area contributed by atoms with Gasteiger partial charge in [0.25, 0.3) is 0 Å². The summed E-state index contributed by atoms with van der Waals surface area (Å²) in [4.78, 5) is 0. The van der Waals surface area contributed by atoms with E-state index < -0.39 is 6.10 Å². The Kier molecular flexibility index (Phi) is 6.34. The predicted octanol–water partition coefficient (Wildman–Crippen LogP) is -1.19. The van der Waals surface area contributed by atoms with E-state index in [1.54, 1.807) is 6.08 Å². The fourth-order valence-corrected chi connectivity index (χ4v) is 1.72. The van der Waals surface area contributed by atoms with E-state index in [0.29, 0.717) is 6.54 Å². The van der Waals surface area contributed by atoms with Gasteiger partial charge in [0, 0.05) is 5.56 Å². The molecule has 0 amide bonds. The summed E-state index contributed by atoms with van der Waals surface area (Å²) < 4.78 is 0.761. The Bertz CT molecular complexity index is 311. The second-order valence-electron chi connectivity index (χ2n) is 4.57. The smallest absolute Gasteiger partial charge is 0.121 e. The highest BCUT2D eigenvalue weighted by Gasteiger charge is 2.18. The highest BCUT2D eigenvalue weighted by molar-refractivity contribution is 5.13. The van der Waals surface area contributed by atoms with E-state index in [4.69, 9.17) is 0 Å². The number of aliphatic hydroxyl groups excluding tert-OH is 1. The Morgan fingerprint density at radius 2 is 1.88 bits per heavy atom. The average Bonchev–Trinajstić information content (AvgIpc) is 2.17. The summed E-state index contributed by atoms with van der Waals surface area (Å²) in [5.41, 5.74) is 1.29. The Hall–Kier alpha value is -0.830. The maximum atomic E-state index is 9.54. The van der Waals surface area contributed by atoms with Crippen molar-refractivity contribution in [1.82, 2.24) is 0 Å². The van der Waals surface area contributed by atoms with Gasteiger partial charge in [0.05, 0.1) is 14.1 Å². The van der Waals surface area contributed by atoms with Gasteiger partial charge in [-0.05, 0) is 0 Å². The van der Waals surface area contributed by atoms with E-state index >= 15 is 0 Å². The second-order valence-corrected chi connectivity index (χ2v) is 4.57. The van der Waals surface area contributed by atoms with Crippen LogP contribution in [-0.4, -0.2) is 36.3 Å². The third-order valence-corrected chi connectivity index (χ3v) is 2.41. The van der Waals surface area contributed by atoms with E-state index in [1.807, 2.05) is 18.2 Å². The van der Waals surface area contributed by atoms with E-state index in [2.05, 4.69) is 32.8 Å². The minimum Gasteiger partial charge on any atom is -1.00 e. The van der Waals surface area contributed by atoms with Crippen LogP contribution in [0.5, 0.6) is 0 Å². The summed E-state index contributed by atoms with van der Waals surface area (Å²) in [6, 6.07) is 10.3. The first-order valence-electron chi connectivity index (χ1n) is 5.20. The third kappa shape index (κ3) is 5.31. The van der Waals surface area contributed by atoms with Gasteiger partial charge >= 0.3 is 0 Å². The molecule has 0 spiro atoms. The van der Waals surface area contributed by atoms with Gasteiger partial charge in [-0.25, -0.2) is 0 Å². The molecular formula is C13H20ClNO. The maximum absolute atomic E-state index is 9.54. The zero-order chi connectivity index (χ0) is 11.3. The monoisotopic (exact) mass is 241 g/mol. The molecule has 16 heavy (non-hydrogen) atoms.